The molecule has 0 aliphatic heterocycles. The number of nitrogens with two attached hydrogens (primary N) is 1. The fraction of sp³-hybridized carbons (Fsp3) is 0.278. The molecule has 0 spiro atoms. The molecule has 9 heteroatoms. The van der Waals surface area contributed by atoms with E-state index in [1.54, 1.807) is 17.7 Å². The molecule has 0 amide bonds. The van der Waals surface area contributed by atoms with Crippen molar-refractivity contribution in [1.29, 1.82) is 0 Å². The summed E-state index contributed by atoms with van der Waals surface area (Å²) in [6, 6.07) is 6.28. The van der Waals surface area contributed by atoms with E-state index in [1.165, 1.54) is 21.8 Å². The molecule has 1 aromatic carbocycles. The second-order valence-corrected chi connectivity index (χ2v) is 8.70. The molecule has 0 saturated carbocycles. The average molecular weight is 399 g/mol. The van der Waals surface area contributed by atoms with Gasteiger partial charge in [-0.05, 0) is 43.0 Å². The summed E-state index contributed by atoms with van der Waals surface area (Å²) < 4.78 is 0.929. The van der Waals surface area contributed by atoms with Gasteiger partial charge in [-0.25, -0.2) is 9.97 Å². The molecule has 4 aromatic rings. The summed E-state index contributed by atoms with van der Waals surface area (Å²) in [4.78, 5) is 25.7. The highest BCUT2D eigenvalue weighted by Gasteiger charge is 2.24. The predicted molar refractivity (Wildman–Crippen MR) is 111 cm³/mol. The zero-order valence-corrected chi connectivity index (χ0v) is 16.0. The van der Waals surface area contributed by atoms with E-state index in [-0.39, 0.29) is 4.87 Å². The predicted octanol–water partition coefficient (Wildman–Crippen LogP) is 2.70. The zero-order valence-electron chi connectivity index (χ0n) is 14.4. The van der Waals surface area contributed by atoms with Crippen molar-refractivity contribution in [2.75, 3.05) is 12.0 Å². The van der Waals surface area contributed by atoms with E-state index in [0.29, 0.717) is 12.7 Å². The molecule has 3 aromatic heterocycles. The van der Waals surface area contributed by atoms with Crippen LogP contribution in [0.2, 0.25) is 0 Å². The summed E-state index contributed by atoms with van der Waals surface area (Å²) in [5, 5.41) is 7.90. The van der Waals surface area contributed by atoms with E-state index in [2.05, 4.69) is 25.6 Å². The maximum atomic E-state index is 11.5. The number of fused-ring (bicyclic) bond motifs is 4. The zero-order chi connectivity index (χ0) is 18.4. The third-order valence-corrected chi connectivity index (χ3v) is 6.94. The molecule has 0 saturated heterocycles. The van der Waals surface area contributed by atoms with Gasteiger partial charge in [0, 0.05) is 23.3 Å². The first-order valence-electron chi connectivity index (χ1n) is 8.80. The lowest BCUT2D eigenvalue weighted by Crippen LogP contribution is -2.37. The first-order chi connectivity index (χ1) is 13.2. The number of nitrogens with one attached hydrogen (secondary N) is 3. The lowest BCUT2D eigenvalue weighted by Gasteiger charge is -2.22. The van der Waals surface area contributed by atoms with E-state index in [1.807, 2.05) is 18.2 Å². The monoisotopic (exact) mass is 398 g/mol. The molecule has 0 bridgehead atoms. The maximum absolute atomic E-state index is 11.5. The molecule has 1 unspecified atom stereocenters. The van der Waals surface area contributed by atoms with Crippen LogP contribution in [0.15, 0.2) is 29.3 Å². The van der Waals surface area contributed by atoms with Crippen molar-refractivity contribution < 1.29 is 0 Å². The van der Waals surface area contributed by atoms with Crippen LogP contribution in [0.5, 0.6) is 0 Å². The Morgan fingerprint density at radius 3 is 3.11 bits per heavy atom. The SMILES string of the molecule is NCNC1CCc2c(sc3ncnc(Nc4ccc5[nH]c(=O)sc5c4)c23)C1. The highest BCUT2D eigenvalue weighted by atomic mass is 32.1. The van der Waals surface area contributed by atoms with Crippen LogP contribution < -0.4 is 21.2 Å². The van der Waals surface area contributed by atoms with E-state index < -0.39 is 0 Å². The summed E-state index contributed by atoms with van der Waals surface area (Å²) >= 11 is 2.95. The van der Waals surface area contributed by atoms with Crippen LogP contribution in [0, 0.1) is 0 Å². The summed E-state index contributed by atoms with van der Waals surface area (Å²) in [5.74, 6) is 0.824. The van der Waals surface area contributed by atoms with Crippen molar-refractivity contribution in [1.82, 2.24) is 20.3 Å². The summed E-state index contributed by atoms with van der Waals surface area (Å²) in [5.41, 5.74) is 8.76. The van der Waals surface area contributed by atoms with Crippen molar-refractivity contribution in [3.05, 3.63) is 44.6 Å². The van der Waals surface area contributed by atoms with Gasteiger partial charge in [-0.2, -0.15) is 0 Å². The normalized spacial score (nSPS) is 16.7. The van der Waals surface area contributed by atoms with Gasteiger partial charge in [0.05, 0.1) is 15.6 Å². The number of rotatable bonds is 4. The second kappa shape index (κ2) is 6.68. The van der Waals surface area contributed by atoms with E-state index >= 15 is 0 Å². The van der Waals surface area contributed by atoms with Gasteiger partial charge >= 0.3 is 4.87 Å². The van der Waals surface area contributed by atoms with Crippen LogP contribution in [0.4, 0.5) is 11.5 Å². The molecule has 5 N–H and O–H groups in total. The van der Waals surface area contributed by atoms with Crippen LogP contribution in [0.3, 0.4) is 0 Å². The topological polar surface area (TPSA) is 109 Å². The van der Waals surface area contributed by atoms with Crippen molar-refractivity contribution in [3.63, 3.8) is 0 Å². The number of aromatic nitrogens is 3. The number of thiophene rings is 1. The Kier molecular flexibility index (Phi) is 4.16. The van der Waals surface area contributed by atoms with Gasteiger partial charge < -0.3 is 21.4 Å². The molecule has 1 aliphatic carbocycles. The lowest BCUT2D eigenvalue weighted by molar-refractivity contribution is 0.471. The molecular weight excluding hydrogens is 380 g/mol. The number of hydrogen-bond donors (Lipinski definition) is 4. The van der Waals surface area contributed by atoms with Crippen LogP contribution in [-0.2, 0) is 12.8 Å². The number of anilines is 2. The molecule has 7 nitrogen and oxygen atoms in total. The quantitative estimate of drug-likeness (QED) is 0.394. The van der Waals surface area contributed by atoms with Gasteiger partial charge in [-0.15, -0.1) is 11.3 Å². The number of benzene rings is 1. The third-order valence-electron chi connectivity index (χ3n) is 4.94. The molecule has 0 fully saturated rings. The maximum Gasteiger partial charge on any atom is 0.305 e. The summed E-state index contributed by atoms with van der Waals surface area (Å²) in [7, 11) is 0. The van der Waals surface area contributed by atoms with Crippen LogP contribution >= 0.6 is 22.7 Å². The van der Waals surface area contributed by atoms with Gasteiger partial charge in [-0.1, -0.05) is 11.3 Å². The smallest absolute Gasteiger partial charge is 0.305 e. The van der Waals surface area contributed by atoms with Crippen molar-refractivity contribution in [2.45, 2.75) is 25.3 Å². The number of aryl methyl sites for hydroxylation is 1. The third kappa shape index (κ3) is 3.02. The van der Waals surface area contributed by atoms with Gasteiger partial charge in [0.25, 0.3) is 0 Å². The fourth-order valence-corrected chi connectivity index (χ4v) is 5.75. The molecule has 27 heavy (non-hydrogen) atoms. The van der Waals surface area contributed by atoms with Crippen molar-refractivity contribution in [3.8, 4) is 0 Å². The number of thiazole rings is 1. The Morgan fingerprint density at radius 1 is 1.30 bits per heavy atom. The molecule has 138 valence electrons. The average Bonchev–Trinajstić information content (AvgIpc) is 3.21. The van der Waals surface area contributed by atoms with Crippen molar-refractivity contribution >= 4 is 54.6 Å². The van der Waals surface area contributed by atoms with Gasteiger partial charge in [-0.3, -0.25) is 4.79 Å². The van der Waals surface area contributed by atoms with Gasteiger partial charge in [0.1, 0.15) is 17.0 Å². The van der Waals surface area contributed by atoms with E-state index in [4.69, 9.17) is 5.73 Å². The standard InChI is InChI=1S/C18H18N6OS2/c19-7-20-9-1-3-11-13(5-9)26-17-15(11)16(21-8-22-17)23-10-2-4-12-14(6-10)27-18(25)24-12/h2,4,6,8-9,20H,1,3,5,7,19H2,(H,24,25)(H,21,22,23). The molecule has 3 heterocycles. The Balaban J connectivity index is 1.54. The van der Waals surface area contributed by atoms with Crippen molar-refractivity contribution in [2.24, 2.45) is 5.73 Å². The van der Waals surface area contributed by atoms with E-state index in [9.17, 15) is 4.79 Å². The minimum absolute atomic E-state index is 0.0425. The largest absolute Gasteiger partial charge is 0.340 e. The van der Waals surface area contributed by atoms with Crippen LogP contribution in [-0.4, -0.2) is 27.7 Å². The minimum atomic E-state index is -0.0425. The first-order valence-corrected chi connectivity index (χ1v) is 10.4. The Bertz CT molecular complexity index is 1190. The Labute approximate surface area is 162 Å². The summed E-state index contributed by atoms with van der Waals surface area (Å²) in [6.45, 7) is 0.505. The minimum Gasteiger partial charge on any atom is -0.340 e. The van der Waals surface area contributed by atoms with Crippen LogP contribution in [0.25, 0.3) is 20.4 Å². The second-order valence-electron chi connectivity index (χ2n) is 6.60. The molecule has 1 atom stereocenters. The lowest BCUT2D eigenvalue weighted by atomic mass is 9.93. The number of nitrogens with zero attached hydrogens (tertiary/aromatic N) is 2. The van der Waals surface area contributed by atoms with E-state index in [0.717, 1.165) is 51.2 Å². The van der Waals surface area contributed by atoms with Gasteiger partial charge in [0.2, 0.25) is 0 Å². The molecular formula is C18H18N6OS2. The Morgan fingerprint density at radius 2 is 2.22 bits per heavy atom. The fourth-order valence-electron chi connectivity index (χ4n) is 3.71. The first kappa shape index (κ1) is 16.8. The number of aromatic amines is 1. The number of H-pyrrole nitrogens is 1. The molecule has 1 aliphatic rings. The molecule has 5 rings (SSSR count). The number of hydrogen-bond acceptors (Lipinski definition) is 8. The van der Waals surface area contributed by atoms with Gasteiger partial charge in [0.15, 0.2) is 0 Å². The summed E-state index contributed by atoms with van der Waals surface area (Å²) in [6.07, 6.45) is 4.65. The Hall–Kier alpha value is -2.33. The van der Waals surface area contributed by atoms with Crippen LogP contribution in [0.1, 0.15) is 16.9 Å². The highest BCUT2D eigenvalue weighted by Crippen LogP contribution is 2.39. The molecule has 0 radical (unpaired) electrons. The highest BCUT2D eigenvalue weighted by molar-refractivity contribution is 7.19.